The molecule has 0 aliphatic carbocycles. The Labute approximate surface area is 142 Å². The number of nitrogens with one attached hydrogen (secondary N) is 1. The molecule has 0 aliphatic heterocycles. The fourth-order valence-electron chi connectivity index (χ4n) is 2.10. The first-order chi connectivity index (χ1) is 11.7. The van der Waals surface area contributed by atoms with Crippen LogP contribution >= 0.6 is 0 Å². The van der Waals surface area contributed by atoms with Crippen molar-refractivity contribution in [1.82, 2.24) is 20.1 Å². The molecule has 0 aromatic carbocycles. The summed E-state index contributed by atoms with van der Waals surface area (Å²) in [4.78, 5) is 23.2. The molecule has 0 unspecified atom stereocenters. The molecule has 0 spiro atoms. The summed E-state index contributed by atoms with van der Waals surface area (Å²) in [6, 6.07) is 0. The number of carbonyl (C=O) groups is 1. The monoisotopic (exact) mass is 357 g/mol. The Morgan fingerprint density at radius 1 is 1.20 bits per heavy atom. The lowest BCUT2D eigenvalue weighted by Crippen LogP contribution is -2.30. The first-order valence-corrected chi connectivity index (χ1v) is 7.65. The normalized spacial score (nSPS) is 12.2. The summed E-state index contributed by atoms with van der Waals surface area (Å²) in [7, 11) is 0. The number of hydrogen-bond acceptors (Lipinski definition) is 6. The second kappa shape index (κ2) is 7.58. The summed E-state index contributed by atoms with van der Waals surface area (Å²) in [5.41, 5.74) is -0.142. The fourth-order valence-corrected chi connectivity index (χ4v) is 2.10. The number of anilines is 1. The third-order valence-electron chi connectivity index (χ3n) is 3.60. The summed E-state index contributed by atoms with van der Waals surface area (Å²) in [6.07, 6.45) is 1.70. The number of unbranched alkanes of at least 4 members (excludes halogenated alkanes) is 1. The lowest BCUT2D eigenvalue weighted by molar-refractivity contribution is -0.159. The van der Waals surface area contributed by atoms with E-state index in [1.165, 1.54) is 18.7 Å². The Bertz CT molecular complexity index is 701. The molecule has 25 heavy (non-hydrogen) atoms. The first kappa shape index (κ1) is 18.8. The average Bonchev–Trinajstić information content (AvgIpc) is 3.02. The number of halogens is 3. The van der Waals surface area contributed by atoms with Crippen LogP contribution in [0.4, 0.5) is 18.9 Å². The van der Waals surface area contributed by atoms with Crippen molar-refractivity contribution in [1.29, 1.82) is 0 Å². The molecule has 1 amide bonds. The van der Waals surface area contributed by atoms with Gasteiger partial charge in [0, 0.05) is 11.8 Å². The van der Waals surface area contributed by atoms with Crippen LogP contribution in [0, 0.1) is 5.41 Å². The predicted octanol–water partition coefficient (Wildman–Crippen LogP) is 3.26. The molecule has 2 rings (SSSR count). The van der Waals surface area contributed by atoms with Gasteiger partial charge in [0.15, 0.2) is 5.82 Å². The molecule has 10 heteroatoms. The predicted molar refractivity (Wildman–Crippen MR) is 81.3 cm³/mol. The second-order valence-electron chi connectivity index (χ2n) is 6.19. The summed E-state index contributed by atoms with van der Waals surface area (Å²) < 4.78 is 41.3. The number of carbonyl (C=O) groups excluding carboxylic acids is 1. The zero-order valence-corrected chi connectivity index (χ0v) is 13.8. The van der Waals surface area contributed by atoms with Gasteiger partial charge in [-0.2, -0.15) is 18.2 Å². The number of rotatable bonds is 7. The third-order valence-corrected chi connectivity index (χ3v) is 3.60. The van der Waals surface area contributed by atoms with Crippen molar-refractivity contribution in [3.05, 3.63) is 30.4 Å². The Morgan fingerprint density at radius 3 is 2.48 bits per heavy atom. The van der Waals surface area contributed by atoms with Gasteiger partial charge in [0.2, 0.25) is 5.91 Å². The molecule has 0 saturated heterocycles. The van der Waals surface area contributed by atoms with Crippen molar-refractivity contribution < 1.29 is 22.5 Å². The van der Waals surface area contributed by atoms with Gasteiger partial charge >= 0.3 is 12.1 Å². The molecule has 0 bridgehead atoms. The fraction of sp³-hybridized carbons (Fsp3) is 0.533. The van der Waals surface area contributed by atoms with Crippen LogP contribution in [0.5, 0.6) is 0 Å². The van der Waals surface area contributed by atoms with Crippen LogP contribution < -0.4 is 5.32 Å². The van der Waals surface area contributed by atoms with E-state index in [4.69, 9.17) is 0 Å². The first-order valence-electron chi connectivity index (χ1n) is 7.65. The van der Waals surface area contributed by atoms with Gasteiger partial charge in [-0.15, -0.1) is 0 Å². The molecule has 1 N–H and O–H groups in total. The van der Waals surface area contributed by atoms with Gasteiger partial charge in [0.05, 0.1) is 18.1 Å². The largest absolute Gasteiger partial charge is 0.471 e. The van der Waals surface area contributed by atoms with Crippen LogP contribution in [0.25, 0.3) is 0 Å². The molecule has 7 nitrogen and oxygen atoms in total. The van der Waals surface area contributed by atoms with Crippen LogP contribution in [0.3, 0.4) is 0 Å². The van der Waals surface area contributed by atoms with Gasteiger partial charge < -0.3 is 9.84 Å². The molecule has 0 radical (unpaired) electrons. The highest BCUT2D eigenvalue weighted by Crippen LogP contribution is 2.28. The van der Waals surface area contributed by atoms with E-state index in [1.54, 1.807) is 13.8 Å². The molecule has 136 valence electrons. The number of alkyl halides is 3. The average molecular weight is 357 g/mol. The molecule has 0 fully saturated rings. The number of hydrogen-bond donors (Lipinski definition) is 1. The highest BCUT2D eigenvalue weighted by atomic mass is 19.4. The van der Waals surface area contributed by atoms with Crippen molar-refractivity contribution in [3.63, 3.8) is 0 Å². The van der Waals surface area contributed by atoms with Crippen molar-refractivity contribution in [2.45, 2.75) is 45.7 Å². The molecular formula is C15H18F3N5O2. The van der Waals surface area contributed by atoms with Crippen LogP contribution in [0.1, 0.15) is 44.8 Å². The quantitative estimate of drug-likeness (QED) is 0.765. The van der Waals surface area contributed by atoms with Crippen molar-refractivity contribution >= 4 is 11.6 Å². The van der Waals surface area contributed by atoms with Crippen LogP contribution in [0.2, 0.25) is 0 Å². The summed E-state index contributed by atoms with van der Waals surface area (Å²) in [5.74, 6) is -1.51. The van der Waals surface area contributed by atoms with E-state index in [-0.39, 0.29) is 18.2 Å². The maximum Gasteiger partial charge on any atom is 0.471 e. The van der Waals surface area contributed by atoms with Gasteiger partial charge in [-0.25, -0.2) is 9.97 Å². The van der Waals surface area contributed by atoms with E-state index in [0.717, 1.165) is 0 Å². The van der Waals surface area contributed by atoms with E-state index < -0.39 is 17.5 Å². The molecule has 0 atom stereocenters. The van der Waals surface area contributed by atoms with Crippen molar-refractivity contribution in [2.24, 2.45) is 5.41 Å². The SMILES string of the molecule is CC(C)(CCCCc1noc(C(F)(F)F)n1)C(=O)Nc1cncnc1. The zero-order chi connectivity index (χ0) is 18.5. The zero-order valence-electron chi connectivity index (χ0n) is 13.8. The molecule has 0 aliphatic rings. The minimum Gasteiger partial charge on any atom is -0.329 e. The van der Waals surface area contributed by atoms with Crippen LogP contribution in [-0.2, 0) is 17.4 Å². The highest BCUT2D eigenvalue weighted by Gasteiger charge is 2.38. The minimum atomic E-state index is -4.63. The standard InChI is InChI=1S/C15H18F3N5O2/c1-14(2,12(24)21-10-7-19-9-20-8-10)6-4-3-5-11-22-13(25-23-11)15(16,17)18/h7-9H,3-6H2,1-2H3,(H,21,24). The van der Waals surface area contributed by atoms with E-state index >= 15 is 0 Å². The van der Waals surface area contributed by atoms with E-state index in [0.29, 0.717) is 24.9 Å². The van der Waals surface area contributed by atoms with Crippen LogP contribution in [-0.4, -0.2) is 26.0 Å². The number of nitrogens with zero attached hydrogens (tertiary/aromatic N) is 4. The molecule has 2 aromatic heterocycles. The van der Waals surface area contributed by atoms with Crippen molar-refractivity contribution in [2.75, 3.05) is 5.32 Å². The Hall–Kier alpha value is -2.52. The number of aromatic nitrogens is 4. The van der Waals surface area contributed by atoms with E-state index in [1.807, 2.05) is 0 Å². The summed E-state index contributed by atoms with van der Waals surface area (Å²) in [6.45, 7) is 3.59. The Kier molecular flexibility index (Phi) is 5.70. The van der Waals surface area contributed by atoms with Gasteiger partial charge in [-0.05, 0) is 12.8 Å². The minimum absolute atomic E-state index is 0.0102. The highest BCUT2D eigenvalue weighted by molar-refractivity contribution is 5.94. The Morgan fingerprint density at radius 2 is 1.88 bits per heavy atom. The molecule has 0 saturated carbocycles. The van der Waals surface area contributed by atoms with Crippen LogP contribution in [0.15, 0.2) is 23.2 Å². The number of amides is 1. The van der Waals surface area contributed by atoms with E-state index in [9.17, 15) is 18.0 Å². The topological polar surface area (TPSA) is 93.8 Å². The summed E-state index contributed by atoms with van der Waals surface area (Å²) in [5, 5.41) is 6.04. The van der Waals surface area contributed by atoms with Gasteiger partial charge in [0.1, 0.15) is 6.33 Å². The smallest absolute Gasteiger partial charge is 0.329 e. The lowest BCUT2D eigenvalue weighted by Gasteiger charge is -2.23. The maximum absolute atomic E-state index is 12.4. The lowest BCUT2D eigenvalue weighted by atomic mass is 9.86. The second-order valence-corrected chi connectivity index (χ2v) is 6.19. The van der Waals surface area contributed by atoms with Crippen molar-refractivity contribution in [3.8, 4) is 0 Å². The van der Waals surface area contributed by atoms with E-state index in [2.05, 4.69) is 29.9 Å². The third kappa shape index (κ3) is 5.50. The Balaban J connectivity index is 1.78. The summed E-state index contributed by atoms with van der Waals surface area (Å²) >= 11 is 0. The van der Waals surface area contributed by atoms with Gasteiger partial charge in [0.25, 0.3) is 0 Å². The number of aryl methyl sites for hydroxylation is 1. The maximum atomic E-state index is 12.4. The molecular weight excluding hydrogens is 339 g/mol. The molecule has 2 heterocycles. The van der Waals surface area contributed by atoms with Gasteiger partial charge in [-0.1, -0.05) is 25.4 Å². The molecule has 2 aromatic rings. The van der Waals surface area contributed by atoms with Gasteiger partial charge in [-0.3, -0.25) is 4.79 Å².